The lowest BCUT2D eigenvalue weighted by Crippen LogP contribution is -2.00. The number of benzene rings is 2. The van der Waals surface area contributed by atoms with Crippen molar-refractivity contribution < 1.29 is 4.39 Å². The van der Waals surface area contributed by atoms with Crippen molar-refractivity contribution in [2.24, 2.45) is 5.10 Å². The molecule has 5 aromatic rings. The largest absolute Gasteiger partial charge is 0.312 e. The van der Waals surface area contributed by atoms with E-state index in [1.165, 1.54) is 12.1 Å². The molecule has 2 aromatic carbocycles. The molecule has 130 valence electrons. The number of rotatable bonds is 3. The van der Waals surface area contributed by atoms with Crippen LogP contribution in [-0.4, -0.2) is 20.6 Å². The lowest BCUT2D eigenvalue weighted by Gasteiger charge is -2.07. The van der Waals surface area contributed by atoms with E-state index in [-0.39, 0.29) is 5.82 Å². The zero-order chi connectivity index (χ0) is 18.2. The smallest absolute Gasteiger partial charge is 0.171 e. The van der Waals surface area contributed by atoms with Gasteiger partial charge in [0, 0.05) is 17.6 Å². The standard InChI is InChI=1S/C21H14FN5/c22-15-8-10-19-18(12-15)25-21(20-6-3-11-27(19)20)26-23-13-16-9-7-14-4-1-2-5-17(14)24-16/h1-13H,(H,25,26)/b23-13+. The quantitative estimate of drug-likeness (QED) is 0.379. The maximum atomic E-state index is 13.6. The Kier molecular flexibility index (Phi) is 3.53. The van der Waals surface area contributed by atoms with Gasteiger partial charge in [-0.3, -0.25) is 5.43 Å². The molecule has 0 radical (unpaired) electrons. The molecule has 0 aliphatic carbocycles. The molecular formula is C21H14FN5. The van der Waals surface area contributed by atoms with Crippen molar-refractivity contribution in [1.29, 1.82) is 0 Å². The van der Waals surface area contributed by atoms with Crippen LogP contribution in [0.25, 0.3) is 27.5 Å². The van der Waals surface area contributed by atoms with Crippen LogP contribution >= 0.6 is 0 Å². The van der Waals surface area contributed by atoms with Gasteiger partial charge in [-0.25, -0.2) is 14.4 Å². The van der Waals surface area contributed by atoms with Crippen molar-refractivity contribution in [2.75, 3.05) is 5.43 Å². The Morgan fingerprint density at radius 1 is 0.889 bits per heavy atom. The van der Waals surface area contributed by atoms with Gasteiger partial charge in [0.05, 0.1) is 34.0 Å². The molecule has 27 heavy (non-hydrogen) atoms. The highest BCUT2D eigenvalue weighted by Gasteiger charge is 2.08. The van der Waals surface area contributed by atoms with E-state index in [9.17, 15) is 4.39 Å². The van der Waals surface area contributed by atoms with E-state index in [1.807, 2.05) is 59.1 Å². The lowest BCUT2D eigenvalue weighted by molar-refractivity contribution is 0.629. The van der Waals surface area contributed by atoms with Crippen molar-refractivity contribution in [2.45, 2.75) is 0 Å². The van der Waals surface area contributed by atoms with Gasteiger partial charge in [-0.1, -0.05) is 24.3 Å². The van der Waals surface area contributed by atoms with Gasteiger partial charge >= 0.3 is 0 Å². The summed E-state index contributed by atoms with van der Waals surface area (Å²) in [6, 6.07) is 20.2. The Labute approximate surface area is 153 Å². The first kappa shape index (κ1) is 15.5. The first-order valence-electron chi connectivity index (χ1n) is 8.49. The molecular weight excluding hydrogens is 341 g/mol. The van der Waals surface area contributed by atoms with Gasteiger partial charge in [-0.05, 0) is 36.4 Å². The van der Waals surface area contributed by atoms with Crippen molar-refractivity contribution in [3.8, 4) is 0 Å². The molecule has 5 nitrogen and oxygen atoms in total. The van der Waals surface area contributed by atoms with Gasteiger partial charge in [0.1, 0.15) is 5.82 Å². The molecule has 3 heterocycles. The average molecular weight is 355 g/mol. The van der Waals surface area contributed by atoms with Crippen LogP contribution in [0.3, 0.4) is 0 Å². The maximum Gasteiger partial charge on any atom is 0.171 e. The number of nitrogens with one attached hydrogen (secondary N) is 1. The average Bonchev–Trinajstić information content (AvgIpc) is 3.18. The monoisotopic (exact) mass is 355 g/mol. The summed E-state index contributed by atoms with van der Waals surface area (Å²) in [6.07, 6.45) is 3.56. The van der Waals surface area contributed by atoms with Gasteiger partial charge in [0.2, 0.25) is 0 Å². The highest BCUT2D eigenvalue weighted by Crippen LogP contribution is 2.23. The van der Waals surface area contributed by atoms with Crippen LogP contribution < -0.4 is 5.43 Å². The van der Waals surface area contributed by atoms with Crippen LogP contribution in [0.5, 0.6) is 0 Å². The molecule has 1 N–H and O–H groups in total. The SMILES string of the molecule is Fc1ccc2c(c1)nc(N/N=C/c1ccc3ccccc3n1)c1cccn12. The minimum absolute atomic E-state index is 0.323. The Hall–Kier alpha value is -3.80. The van der Waals surface area contributed by atoms with Crippen LogP contribution in [0, 0.1) is 5.82 Å². The maximum absolute atomic E-state index is 13.6. The van der Waals surface area contributed by atoms with E-state index < -0.39 is 0 Å². The van der Waals surface area contributed by atoms with Gasteiger partial charge < -0.3 is 4.40 Å². The normalized spacial score (nSPS) is 11.7. The molecule has 0 fully saturated rings. The second kappa shape index (κ2) is 6.17. The Morgan fingerprint density at radius 3 is 2.78 bits per heavy atom. The fraction of sp³-hybridized carbons (Fsp3) is 0. The number of fused-ring (bicyclic) bond motifs is 4. The molecule has 0 saturated carbocycles. The minimum Gasteiger partial charge on any atom is -0.312 e. The Bertz CT molecular complexity index is 1320. The molecule has 5 rings (SSSR count). The second-order valence-corrected chi connectivity index (χ2v) is 6.16. The van der Waals surface area contributed by atoms with E-state index in [0.29, 0.717) is 11.3 Å². The molecule has 0 bridgehead atoms. The van der Waals surface area contributed by atoms with E-state index in [0.717, 1.165) is 27.6 Å². The van der Waals surface area contributed by atoms with Gasteiger partial charge in [-0.15, -0.1) is 0 Å². The summed E-state index contributed by atoms with van der Waals surface area (Å²) in [5.74, 6) is 0.228. The van der Waals surface area contributed by atoms with Gasteiger partial charge in [0.25, 0.3) is 0 Å². The molecule has 6 heteroatoms. The number of aromatic nitrogens is 3. The summed E-state index contributed by atoms with van der Waals surface area (Å²) in [4.78, 5) is 9.07. The van der Waals surface area contributed by atoms with Crippen molar-refractivity contribution >= 4 is 39.5 Å². The molecule has 0 aliphatic heterocycles. The number of hydrogen-bond donors (Lipinski definition) is 1. The summed E-state index contributed by atoms with van der Waals surface area (Å²) < 4.78 is 15.5. The molecule has 0 aliphatic rings. The highest BCUT2D eigenvalue weighted by atomic mass is 19.1. The van der Waals surface area contributed by atoms with Crippen LogP contribution in [0.2, 0.25) is 0 Å². The third-order valence-electron chi connectivity index (χ3n) is 4.41. The summed E-state index contributed by atoms with van der Waals surface area (Å²) in [7, 11) is 0. The molecule has 3 aromatic heterocycles. The first-order chi connectivity index (χ1) is 13.3. The number of pyridine rings is 1. The fourth-order valence-corrected chi connectivity index (χ4v) is 3.15. The van der Waals surface area contributed by atoms with E-state index in [1.54, 1.807) is 12.3 Å². The molecule has 0 unspecified atom stereocenters. The zero-order valence-corrected chi connectivity index (χ0v) is 14.2. The number of halogens is 1. The van der Waals surface area contributed by atoms with Gasteiger partial charge in [0.15, 0.2) is 5.82 Å². The van der Waals surface area contributed by atoms with Crippen LogP contribution in [-0.2, 0) is 0 Å². The summed E-state index contributed by atoms with van der Waals surface area (Å²) in [6.45, 7) is 0. The van der Waals surface area contributed by atoms with Gasteiger partial charge in [-0.2, -0.15) is 5.10 Å². The predicted molar refractivity (Wildman–Crippen MR) is 106 cm³/mol. The molecule has 0 amide bonds. The number of nitrogens with zero attached hydrogens (tertiary/aromatic N) is 4. The van der Waals surface area contributed by atoms with Crippen LogP contribution in [0.4, 0.5) is 10.2 Å². The number of para-hydroxylation sites is 1. The van der Waals surface area contributed by atoms with E-state index in [2.05, 4.69) is 20.5 Å². The molecule has 0 atom stereocenters. The number of hydrazone groups is 1. The number of anilines is 1. The lowest BCUT2D eigenvalue weighted by atomic mass is 10.2. The number of hydrogen-bond acceptors (Lipinski definition) is 4. The Balaban J connectivity index is 1.51. The topological polar surface area (TPSA) is 54.6 Å². The van der Waals surface area contributed by atoms with E-state index in [4.69, 9.17) is 0 Å². The molecule has 0 saturated heterocycles. The Morgan fingerprint density at radius 2 is 1.81 bits per heavy atom. The summed E-state index contributed by atoms with van der Waals surface area (Å²) in [5.41, 5.74) is 6.85. The predicted octanol–water partition coefficient (Wildman–Crippen LogP) is 4.62. The second-order valence-electron chi connectivity index (χ2n) is 6.16. The minimum atomic E-state index is -0.323. The molecule has 0 spiro atoms. The summed E-state index contributed by atoms with van der Waals surface area (Å²) >= 11 is 0. The zero-order valence-electron chi connectivity index (χ0n) is 14.2. The van der Waals surface area contributed by atoms with Crippen LogP contribution in [0.1, 0.15) is 5.69 Å². The van der Waals surface area contributed by atoms with E-state index >= 15 is 0 Å². The fourth-order valence-electron chi connectivity index (χ4n) is 3.15. The third-order valence-corrected chi connectivity index (χ3v) is 4.41. The van der Waals surface area contributed by atoms with Crippen molar-refractivity contribution in [3.63, 3.8) is 0 Å². The summed E-state index contributed by atoms with van der Waals surface area (Å²) in [5, 5.41) is 5.35. The third kappa shape index (κ3) is 2.77. The first-order valence-corrected chi connectivity index (χ1v) is 8.49. The van der Waals surface area contributed by atoms with Crippen LogP contribution in [0.15, 0.2) is 78.0 Å². The van der Waals surface area contributed by atoms with Crippen molar-refractivity contribution in [3.05, 3.63) is 84.4 Å². The van der Waals surface area contributed by atoms with Crippen molar-refractivity contribution in [1.82, 2.24) is 14.4 Å². The highest BCUT2D eigenvalue weighted by molar-refractivity contribution is 5.87.